The lowest BCUT2D eigenvalue weighted by Gasteiger charge is -2.20. The second-order valence-corrected chi connectivity index (χ2v) is 5.07. The molecule has 2 rings (SSSR count). The number of rotatable bonds is 4. The molecule has 19 heavy (non-hydrogen) atoms. The number of anilines is 1. The molecule has 0 aliphatic heterocycles. The van der Waals surface area contributed by atoms with Crippen molar-refractivity contribution in [1.82, 2.24) is 4.98 Å². The lowest BCUT2D eigenvalue weighted by Crippen LogP contribution is -2.18. The predicted octanol–water partition coefficient (Wildman–Crippen LogP) is 3.52. The zero-order valence-electron chi connectivity index (χ0n) is 10.5. The second kappa shape index (κ2) is 6.24. The third-order valence-electron chi connectivity index (χ3n) is 2.79. The van der Waals surface area contributed by atoms with Gasteiger partial charge >= 0.3 is 0 Å². The summed E-state index contributed by atoms with van der Waals surface area (Å²) in [6.07, 6.45) is 1.62. The SMILES string of the molecule is CN(Cc1ccccc1Cl)c1ncc(CO)cc1Cl. The van der Waals surface area contributed by atoms with Crippen LogP contribution in [0, 0.1) is 0 Å². The van der Waals surface area contributed by atoms with E-state index in [1.165, 1.54) is 0 Å². The molecule has 0 saturated heterocycles. The number of benzene rings is 1. The fourth-order valence-electron chi connectivity index (χ4n) is 1.79. The van der Waals surface area contributed by atoms with Gasteiger partial charge in [-0.2, -0.15) is 0 Å². The average Bonchev–Trinajstić information content (AvgIpc) is 2.41. The van der Waals surface area contributed by atoms with E-state index in [1.807, 2.05) is 36.2 Å². The fourth-order valence-corrected chi connectivity index (χ4v) is 2.32. The summed E-state index contributed by atoms with van der Waals surface area (Å²) in [6.45, 7) is 0.548. The summed E-state index contributed by atoms with van der Waals surface area (Å²) in [4.78, 5) is 6.19. The highest BCUT2D eigenvalue weighted by atomic mass is 35.5. The lowest BCUT2D eigenvalue weighted by molar-refractivity contribution is 0.281. The Morgan fingerprint density at radius 3 is 2.58 bits per heavy atom. The van der Waals surface area contributed by atoms with Gasteiger partial charge in [-0.05, 0) is 23.3 Å². The van der Waals surface area contributed by atoms with Crippen LogP contribution in [0.4, 0.5) is 5.82 Å². The van der Waals surface area contributed by atoms with Crippen LogP contribution in [0.5, 0.6) is 0 Å². The molecule has 0 spiro atoms. The molecule has 0 bridgehead atoms. The first kappa shape index (κ1) is 14.1. The Hall–Kier alpha value is -1.29. The van der Waals surface area contributed by atoms with Gasteiger partial charge in [0.1, 0.15) is 5.82 Å². The summed E-state index contributed by atoms with van der Waals surface area (Å²) in [5.74, 6) is 0.666. The summed E-state index contributed by atoms with van der Waals surface area (Å²) < 4.78 is 0. The van der Waals surface area contributed by atoms with E-state index >= 15 is 0 Å². The van der Waals surface area contributed by atoms with Gasteiger partial charge in [0.25, 0.3) is 0 Å². The van der Waals surface area contributed by atoms with Gasteiger partial charge in [0.15, 0.2) is 0 Å². The van der Waals surface area contributed by atoms with Gasteiger partial charge in [-0.25, -0.2) is 4.98 Å². The normalized spacial score (nSPS) is 10.5. The van der Waals surface area contributed by atoms with Crippen molar-refractivity contribution >= 4 is 29.0 Å². The van der Waals surface area contributed by atoms with Crippen LogP contribution in [0.25, 0.3) is 0 Å². The zero-order valence-corrected chi connectivity index (χ0v) is 12.0. The Morgan fingerprint density at radius 2 is 1.95 bits per heavy atom. The molecule has 1 heterocycles. The van der Waals surface area contributed by atoms with Crippen molar-refractivity contribution in [3.63, 3.8) is 0 Å². The number of nitrogens with zero attached hydrogens (tertiary/aromatic N) is 2. The summed E-state index contributed by atoms with van der Waals surface area (Å²) in [5, 5.41) is 10.3. The standard InChI is InChI=1S/C14H14Cl2N2O/c1-18(8-11-4-2-3-5-12(11)15)14-13(16)6-10(9-19)7-17-14/h2-7,19H,8-9H2,1H3. The van der Waals surface area contributed by atoms with E-state index in [0.29, 0.717) is 22.9 Å². The molecule has 0 fully saturated rings. The van der Waals surface area contributed by atoms with E-state index in [1.54, 1.807) is 12.3 Å². The Balaban J connectivity index is 2.21. The number of halogens is 2. The van der Waals surface area contributed by atoms with E-state index < -0.39 is 0 Å². The van der Waals surface area contributed by atoms with Crippen LogP contribution in [0.2, 0.25) is 10.0 Å². The van der Waals surface area contributed by atoms with Crippen molar-refractivity contribution in [2.24, 2.45) is 0 Å². The Bertz CT molecular complexity index is 575. The Labute approximate surface area is 122 Å². The first-order valence-electron chi connectivity index (χ1n) is 5.81. The van der Waals surface area contributed by atoms with Crippen molar-refractivity contribution in [2.45, 2.75) is 13.2 Å². The van der Waals surface area contributed by atoms with E-state index in [9.17, 15) is 0 Å². The lowest BCUT2D eigenvalue weighted by atomic mass is 10.2. The topological polar surface area (TPSA) is 36.4 Å². The minimum atomic E-state index is -0.0682. The van der Waals surface area contributed by atoms with E-state index in [0.717, 1.165) is 10.6 Å². The van der Waals surface area contributed by atoms with Crippen molar-refractivity contribution in [3.05, 3.63) is 57.7 Å². The molecule has 100 valence electrons. The van der Waals surface area contributed by atoms with Crippen LogP contribution >= 0.6 is 23.2 Å². The van der Waals surface area contributed by atoms with E-state index in [-0.39, 0.29) is 6.61 Å². The number of aromatic nitrogens is 1. The largest absolute Gasteiger partial charge is 0.392 e. The summed E-state index contributed by atoms with van der Waals surface area (Å²) in [5.41, 5.74) is 1.70. The molecular weight excluding hydrogens is 283 g/mol. The monoisotopic (exact) mass is 296 g/mol. The fraction of sp³-hybridized carbons (Fsp3) is 0.214. The van der Waals surface area contributed by atoms with Crippen LogP contribution in [0.3, 0.4) is 0 Å². The van der Waals surface area contributed by atoms with Gasteiger partial charge in [0.2, 0.25) is 0 Å². The highest BCUT2D eigenvalue weighted by Crippen LogP contribution is 2.26. The summed E-state index contributed by atoms with van der Waals surface area (Å²) in [7, 11) is 1.90. The van der Waals surface area contributed by atoms with Crippen LogP contribution in [0.1, 0.15) is 11.1 Å². The number of aliphatic hydroxyl groups is 1. The maximum atomic E-state index is 9.03. The maximum absolute atomic E-state index is 9.03. The summed E-state index contributed by atoms with van der Waals surface area (Å²) in [6, 6.07) is 9.38. The molecule has 0 saturated carbocycles. The van der Waals surface area contributed by atoms with Gasteiger partial charge in [0.05, 0.1) is 11.6 Å². The molecule has 2 aromatic rings. The van der Waals surface area contributed by atoms with Gasteiger partial charge in [-0.1, -0.05) is 41.4 Å². The van der Waals surface area contributed by atoms with Crippen molar-refractivity contribution in [2.75, 3.05) is 11.9 Å². The van der Waals surface area contributed by atoms with Crippen LogP contribution in [0.15, 0.2) is 36.5 Å². The quantitative estimate of drug-likeness (QED) is 0.938. The Kier molecular flexibility index (Phi) is 4.64. The van der Waals surface area contributed by atoms with Crippen molar-refractivity contribution in [3.8, 4) is 0 Å². The zero-order chi connectivity index (χ0) is 13.8. The smallest absolute Gasteiger partial charge is 0.147 e. The minimum absolute atomic E-state index is 0.0682. The number of pyridine rings is 1. The van der Waals surface area contributed by atoms with Crippen molar-refractivity contribution < 1.29 is 5.11 Å². The molecule has 0 amide bonds. The molecule has 1 N–H and O–H groups in total. The molecule has 0 aliphatic carbocycles. The predicted molar refractivity (Wildman–Crippen MR) is 78.7 cm³/mol. The highest BCUT2D eigenvalue weighted by Gasteiger charge is 2.10. The number of hydrogen-bond acceptors (Lipinski definition) is 3. The molecule has 1 aromatic heterocycles. The van der Waals surface area contributed by atoms with Crippen LogP contribution in [-0.4, -0.2) is 17.1 Å². The first-order valence-corrected chi connectivity index (χ1v) is 6.57. The van der Waals surface area contributed by atoms with Gasteiger partial charge in [-0.3, -0.25) is 0 Å². The molecule has 0 atom stereocenters. The molecule has 0 aliphatic rings. The first-order chi connectivity index (χ1) is 9.11. The second-order valence-electron chi connectivity index (χ2n) is 4.25. The molecule has 1 aromatic carbocycles. The minimum Gasteiger partial charge on any atom is -0.392 e. The number of hydrogen-bond donors (Lipinski definition) is 1. The van der Waals surface area contributed by atoms with Crippen molar-refractivity contribution in [1.29, 1.82) is 0 Å². The molecule has 5 heteroatoms. The van der Waals surface area contributed by atoms with Gasteiger partial charge in [0, 0.05) is 24.8 Å². The molecular formula is C14H14Cl2N2O. The Morgan fingerprint density at radius 1 is 1.21 bits per heavy atom. The highest BCUT2D eigenvalue weighted by molar-refractivity contribution is 6.33. The van der Waals surface area contributed by atoms with Gasteiger partial charge in [-0.15, -0.1) is 0 Å². The van der Waals surface area contributed by atoms with E-state index in [4.69, 9.17) is 28.3 Å². The maximum Gasteiger partial charge on any atom is 0.147 e. The van der Waals surface area contributed by atoms with E-state index in [2.05, 4.69) is 4.98 Å². The molecule has 0 unspecified atom stereocenters. The van der Waals surface area contributed by atoms with Gasteiger partial charge < -0.3 is 10.0 Å². The van der Waals surface area contributed by atoms with Crippen LogP contribution < -0.4 is 4.90 Å². The third kappa shape index (κ3) is 3.38. The number of aliphatic hydroxyl groups excluding tert-OH is 1. The third-order valence-corrected chi connectivity index (χ3v) is 3.43. The molecule has 0 radical (unpaired) electrons. The van der Waals surface area contributed by atoms with Crippen LogP contribution in [-0.2, 0) is 13.2 Å². The summed E-state index contributed by atoms with van der Waals surface area (Å²) >= 11 is 12.3. The average molecular weight is 297 g/mol. The molecule has 3 nitrogen and oxygen atoms in total.